The number of aromatic nitrogens is 1. The summed E-state index contributed by atoms with van der Waals surface area (Å²) in [5.41, 5.74) is 6.92. The Morgan fingerprint density at radius 2 is 2.03 bits per heavy atom. The number of guanidine groups is 2. The highest BCUT2D eigenvalue weighted by molar-refractivity contribution is 6.01. The van der Waals surface area contributed by atoms with Gasteiger partial charge < -0.3 is 25.6 Å². The fourth-order valence-corrected chi connectivity index (χ4v) is 4.77. The van der Waals surface area contributed by atoms with Gasteiger partial charge in [-0.2, -0.15) is 4.99 Å². The lowest BCUT2D eigenvalue weighted by Crippen LogP contribution is -2.51. The Morgan fingerprint density at radius 3 is 2.73 bits per heavy atom. The van der Waals surface area contributed by atoms with Crippen molar-refractivity contribution in [2.24, 2.45) is 15.7 Å². The van der Waals surface area contributed by atoms with E-state index in [9.17, 15) is 4.39 Å². The van der Waals surface area contributed by atoms with Crippen molar-refractivity contribution in [3.63, 3.8) is 0 Å². The molecule has 0 aliphatic carbocycles. The monoisotopic (exact) mass is 511 g/mol. The predicted molar refractivity (Wildman–Crippen MR) is 147 cm³/mol. The van der Waals surface area contributed by atoms with Gasteiger partial charge in [0.1, 0.15) is 5.82 Å². The summed E-state index contributed by atoms with van der Waals surface area (Å²) in [7, 11) is 1.44. The van der Waals surface area contributed by atoms with Crippen molar-refractivity contribution < 1.29 is 9.13 Å². The maximum Gasteiger partial charge on any atom is 0.227 e. The second-order valence-corrected chi connectivity index (χ2v) is 9.12. The van der Waals surface area contributed by atoms with Crippen molar-refractivity contribution in [3.8, 4) is 5.75 Å². The van der Waals surface area contributed by atoms with Crippen LogP contribution in [0.1, 0.15) is 19.8 Å². The lowest BCUT2D eigenvalue weighted by atomic mass is 10.2. The largest absolute Gasteiger partial charge is 0.494 e. The highest BCUT2D eigenvalue weighted by atomic mass is 19.1. The van der Waals surface area contributed by atoms with E-state index in [1.54, 1.807) is 18.3 Å². The van der Waals surface area contributed by atoms with E-state index in [0.717, 1.165) is 38.5 Å². The van der Waals surface area contributed by atoms with Crippen LogP contribution in [0.5, 0.6) is 5.75 Å². The molecule has 2 aliphatic heterocycles. The molecule has 37 heavy (non-hydrogen) atoms. The number of hydrogen-bond donors (Lipinski definition) is 3. The van der Waals surface area contributed by atoms with Gasteiger partial charge in [-0.3, -0.25) is 10.2 Å². The molecule has 1 aromatic carbocycles. The SMILES string of the molecule is CCN1CCCC1CNC/N=C(\N=C(/N)N1CCN(c2ccccn2)CC1)Nc1ccc(OC)c(F)c1. The molecule has 0 saturated carbocycles. The van der Waals surface area contributed by atoms with Crippen molar-refractivity contribution in [2.45, 2.75) is 25.8 Å². The molecule has 4 N–H and O–H groups in total. The first-order chi connectivity index (χ1) is 18.1. The first-order valence-electron chi connectivity index (χ1n) is 12.9. The van der Waals surface area contributed by atoms with Gasteiger partial charge >= 0.3 is 0 Å². The van der Waals surface area contributed by atoms with Gasteiger partial charge in [-0.1, -0.05) is 13.0 Å². The second kappa shape index (κ2) is 13.2. The van der Waals surface area contributed by atoms with Gasteiger partial charge in [0.05, 0.1) is 13.8 Å². The van der Waals surface area contributed by atoms with Crippen LogP contribution in [0.4, 0.5) is 15.9 Å². The molecule has 2 saturated heterocycles. The summed E-state index contributed by atoms with van der Waals surface area (Å²) >= 11 is 0. The number of likely N-dealkylation sites (N-methyl/N-ethyl adjacent to an activating group) is 1. The van der Waals surface area contributed by atoms with E-state index in [0.29, 0.717) is 43.4 Å². The Balaban J connectivity index is 1.41. The summed E-state index contributed by atoms with van der Waals surface area (Å²) in [5.74, 6) is 1.36. The minimum absolute atomic E-state index is 0.177. The number of rotatable bonds is 8. The van der Waals surface area contributed by atoms with E-state index in [-0.39, 0.29) is 5.75 Å². The average molecular weight is 512 g/mol. The Labute approximate surface area is 218 Å². The first kappa shape index (κ1) is 26.6. The summed E-state index contributed by atoms with van der Waals surface area (Å²) in [6.45, 7) is 8.62. The Kier molecular flexibility index (Phi) is 9.50. The number of methoxy groups -OCH3 is 1. The molecule has 1 atom stereocenters. The number of nitrogens with one attached hydrogen (secondary N) is 2. The molecule has 2 aromatic rings. The Hall–Kier alpha value is -3.44. The summed E-state index contributed by atoms with van der Waals surface area (Å²) in [5, 5.41) is 6.53. The number of aliphatic imine (C=N–C) groups is 2. The van der Waals surface area contributed by atoms with Gasteiger partial charge in [-0.25, -0.2) is 14.4 Å². The molecule has 1 aromatic heterocycles. The van der Waals surface area contributed by atoms with Gasteiger partial charge in [-0.15, -0.1) is 0 Å². The van der Waals surface area contributed by atoms with Crippen LogP contribution in [0, 0.1) is 5.82 Å². The summed E-state index contributed by atoms with van der Waals surface area (Å²) in [6.07, 6.45) is 4.22. The van der Waals surface area contributed by atoms with Crippen LogP contribution in [-0.2, 0) is 0 Å². The van der Waals surface area contributed by atoms with Crippen molar-refractivity contribution in [1.82, 2.24) is 20.1 Å². The van der Waals surface area contributed by atoms with Crippen LogP contribution in [0.25, 0.3) is 0 Å². The number of anilines is 2. The standard InChI is InChI=1S/C26H38FN9O/c1-3-34-12-6-7-21(34)18-29-19-31-26(32-20-9-10-23(37-2)22(27)17-20)33-25(28)36-15-13-35(14-16-36)24-8-4-5-11-30-24/h4-5,8-11,17,21,29H,3,6-7,12-16,18-19H2,1-2H3,(H3,28,31,32,33). The summed E-state index contributed by atoms with van der Waals surface area (Å²) in [6, 6.07) is 11.1. The molecular formula is C26H38FN9O. The third-order valence-electron chi connectivity index (χ3n) is 6.83. The third kappa shape index (κ3) is 7.30. The Morgan fingerprint density at radius 1 is 1.19 bits per heavy atom. The van der Waals surface area contributed by atoms with Gasteiger partial charge in [0.2, 0.25) is 5.96 Å². The fourth-order valence-electron chi connectivity index (χ4n) is 4.77. The molecule has 0 spiro atoms. The number of pyridine rings is 1. The van der Waals surface area contributed by atoms with Gasteiger partial charge in [-0.05, 0) is 50.2 Å². The quantitative estimate of drug-likeness (QED) is 0.281. The zero-order valence-electron chi connectivity index (χ0n) is 21.7. The summed E-state index contributed by atoms with van der Waals surface area (Å²) in [4.78, 5) is 20.4. The molecular weight excluding hydrogens is 473 g/mol. The highest BCUT2D eigenvalue weighted by Gasteiger charge is 2.22. The van der Waals surface area contributed by atoms with E-state index >= 15 is 0 Å². The topological polar surface area (TPSA) is 107 Å². The number of halogens is 1. The van der Waals surface area contributed by atoms with E-state index in [2.05, 4.69) is 42.3 Å². The van der Waals surface area contributed by atoms with Crippen molar-refractivity contribution in [1.29, 1.82) is 0 Å². The van der Waals surface area contributed by atoms with Crippen LogP contribution in [0.15, 0.2) is 52.6 Å². The molecule has 0 radical (unpaired) electrons. The number of nitrogens with two attached hydrogens (primary N) is 1. The first-order valence-corrected chi connectivity index (χ1v) is 12.9. The lowest BCUT2D eigenvalue weighted by molar-refractivity contribution is 0.261. The number of nitrogens with zero attached hydrogens (tertiary/aromatic N) is 6. The normalized spacial score (nSPS) is 19.4. The van der Waals surface area contributed by atoms with Crippen molar-refractivity contribution in [2.75, 3.05) is 69.8 Å². The van der Waals surface area contributed by atoms with E-state index in [1.165, 1.54) is 26.0 Å². The molecule has 4 rings (SSSR count). The molecule has 2 fully saturated rings. The maximum atomic E-state index is 14.3. The minimum atomic E-state index is -0.464. The molecule has 2 aliphatic rings. The number of benzene rings is 1. The zero-order chi connectivity index (χ0) is 26.0. The van der Waals surface area contributed by atoms with Crippen LogP contribution in [-0.4, -0.2) is 92.3 Å². The van der Waals surface area contributed by atoms with Crippen LogP contribution in [0.2, 0.25) is 0 Å². The molecule has 0 amide bonds. The second-order valence-electron chi connectivity index (χ2n) is 9.12. The number of ether oxygens (including phenoxy) is 1. The highest BCUT2D eigenvalue weighted by Crippen LogP contribution is 2.21. The molecule has 3 heterocycles. The molecule has 11 heteroatoms. The van der Waals surface area contributed by atoms with Crippen LogP contribution in [0.3, 0.4) is 0 Å². The molecule has 0 bridgehead atoms. The van der Waals surface area contributed by atoms with E-state index in [4.69, 9.17) is 10.5 Å². The molecule has 1 unspecified atom stereocenters. The molecule has 200 valence electrons. The smallest absolute Gasteiger partial charge is 0.227 e. The Bertz CT molecular complexity index is 1060. The number of piperazine rings is 1. The van der Waals surface area contributed by atoms with Gasteiger partial charge in [0, 0.05) is 56.7 Å². The fraction of sp³-hybridized carbons (Fsp3) is 0.500. The number of hydrogen-bond acceptors (Lipinski definition) is 6. The van der Waals surface area contributed by atoms with Gasteiger partial charge in [0.25, 0.3) is 0 Å². The van der Waals surface area contributed by atoms with Gasteiger partial charge in [0.15, 0.2) is 17.5 Å². The number of likely N-dealkylation sites (tertiary alicyclic amines) is 1. The average Bonchev–Trinajstić information content (AvgIpc) is 3.39. The van der Waals surface area contributed by atoms with E-state index in [1.807, 2.05) is 23.1 Å². The maximum absolute atomic E-state index is 14.3. The third-order valence-corrected chi connectivity index (χ3v) is 6.83. The van der Waals surface area contributed by atoms with Crippen molar-refractivity contribution >= 4 is 23.4 Å². The van der Waals surface area contributed by atoms with E-state index < -0.39 is 5.82 Å². The zero-order valence-corrected chi connectivity index (χ0v) is 21.7. The summed E-state index contributed by atoms with van der Waals surface area (Å²) < 4.78 is 19.3. The molecule has 10 nitrogen and oxygen atoms in total. The lowest BCUT2D eigenvalue weighted by Gasteiger charge is -2.35. The van der Waals surface area contributed by atoms with Crippen molar-refractivity contribution in [3.05, 3.63) is 48.4 Å². The van der Waals surface area contributed by atoms with Crippen LogP contribution >= 0.6 is 0 Å². The van der Waals surface area contributed by atoms with Crippen LogP contribution < -0.4 is 26.0 Å². The predicted octanol–water partition coefficient (Wildman–Crippen LogP) is 2.17. The minimum Gasteiger partial charge on any atom is -0.494 e.